The second-order valence-electron chi connectivity index (χ2n) is 5.15. The summed E-state index contributed by atoms with van der Waals surface area (Å²) in [6.07, 6.45) is 0. The number of nitrogens with zero attached hydrogens (tertiary/aromatic N) is 1. The highest BCUT2D eigenvalue weighted by Crippen LogP contribution is 2.26. The molecular formula is C14H16ClN3O7S. The molecule has 26 heavy (non-hydrogen) atoms. The summed E-state index contributed by atoms with van der Waals surface area (Å²) in [5.41, 5.74) is 4.64. The number of hydrogen-bond donors (Lipinski definition) is 2. The number of amides is 3. The summed E-state index contributed by atoms with van der Waals surface area (Å²) in [7, 11) is -3.92. The second kappa shape index (κ2) is 8.45. The number of imide groups is 1. The van der Waals surface area contributed by atoms with Crippen LogP contribution in [0.25, 0.3) is 0 Å². The summed E-state index contributed by atoms with van der Waals surface area (Å²) in [5.74, 6) is -1.87. The van der Waals surface area contributed by atoms with Crippen LogP contribution in [0.1, 0.15) is 10.4 Å². The Kier molecular flexibility index (Phi) is 6.53. The Balaban J connectivity index is 2.17. The fourth-order valence-corrected chi connectivity index (χ4v) is 4.05. The average molecular weight is 406 g/mol. The quantitative estimate of drug-likeness (QED) is 0.640. The van der Waals surface area contributed by atoms with E-state index >= 15 is 0 Å². The molecule has 12 heteroatoms. The van der Waals surface area contributed by atoms with Gasteiger partial charge in [-0.2, -0.15) is 4.31 Å². The third kappa shape index (κ3) is 4.91. The molecule has 0 saturated carbocycles. The topological polar surface area (TPSA) is 145 Å². The minimum atomic E-state index is -3.92. The molecule has 1 aromatic carbocycles. The molecule has 1 heterocycles. The summed E-state index contributed by atoms with van der Waals surface area (Å²) >= 11 is 5.98. The van der Waals surface area contributed by atoms with E-state index in [0.29, 0.717) is 0 Å². The van der Waals surface area contributed by atoms with Crippen LogP contribution in [0.15, 0.2) is 23.1 Å². The maximum atomic E-state index is 12.7. The first-order valence-electron chi connectivity index (χ1n) is 7.35. The number of carbonyl (C=O) groups excluding carboxylic acids is 3. The molecule has 1 aliphatic rings. The van der Waals surface area contributed by atoms with Crippen molar-refractivity contribution in [1.29, 1.82) is 0 Å². The summed E-state index contributed by atoms with van der Waals surface area (Å²) in [4.78, 5) is 33.5. The lowest BCUT2D eigenvalue weighted by molar-refractivity contribution is -0.123. The predicted molar refractivity (Wildman–Crippen MR) is 89.0 cm³/mol. The van der Waals surface area contributed by atoms with Gasteiger partial charge in [0.05, 0.1) is 23.8 Å². The van der Waals surface area contributed by atoms with Crippen LogP contribution in [0.5, 0.6) is 0 Å². The van der Waals surface area contributed by atoms with E-state index in [9.17, 15) is 22.8 Å². The minimum absolute atomic E-state index is 0.0560. The van der Waals surface area contributed by atoms with E-state index in [1.165, 1.54) is 16.4 Å². The molecule has 0 spiro atoms. The molecule has 0 unspecified atom stereocenters. The average Bonchev–Trinajstić information content (AvgIpc) is 2.60. The van der Waals surface area contributed by atoms with Crippen LogP contribution < -0.4 is 11.1 Å². The van der Waals surface area contributed by atoms with E-state index in [1.54, 1.807) is 5.32 Å². The molecular weight excluding hydrogens is 390 g/mol. The molecule has 1 saturated heterocycles. The van der Waals surface area contributed by atoms with Gasteiger partial charge in [-0.3, -0.25) is 10.1 Å². The number of benzene rings is 1. The highest BCUT2D eigenvalue weighted by Gasteiger charge is 2.29. The van der Waals surface area contributed by atoms with Crippen molar-refractivity contribution in [2.24, 2.45) is 5.73 Å². The molecule has 0 atom stereocenters. The number of nitrogens with two attached hydrogens (primary N) is 1. The number of rotatable bonds is 5. The lowest BCUT2D eigenvalue weighted by Crippen LogP contribution is -2.40. The zero-order valence-electron chi connectivity index (χ0n) is 13.4. The first-order valence-corrected chi connectivity index (χ1v) is 9.17. The molecule has 1 aliphatic heterocycles. The molecule has 10 nitrogen and oxygen atoms in total. The van der Waals surface area contributed by atoms with Crippen LogP contribution in [-0.2, 0) is 24.3 Å². The molecule has 3 amide bonds. The third-order valence-electron chi connectivity index (χ3n) is 3.35. The summed E-state index contributed by atoms with van der Waals surface area (Å²) in [6.45, 7) is 0.0955. The van der Waals surface area contributed by atoms with Gasteiger partial charge in [-0.05, 0) is 18.2 Å². The third-order valence-corrected chi connectivity index (χ3v) is 5.73. The lowest BCUT2D eigenvalue weighted by Gasteiger charge is -2.26. The van der Waals surface area contributed by atoms with Gasteiger partial charge in [-0.1, -0.05) is 11.6 Å². The highest BCUT2D eigenvalue weighted by atomic mass is 35.5. The van der Waals surface area contributed by atoms with Gasteiger partial charge in [-0.15, -0.1) is 0 Å². The number of halogens is 1. The van der Waals surface area contributed by atoms with Crippen molar-refractivity contribution >= 4 is 39.5 Å². The van der Waals surface area contributed by atoms with Crippen LogP contribution in [0, 0.1) is 0 Å². The lowest BCUT2D eigenvalue weighted by atomic mass is 10.2. The fourth-order valence-electron chi connectivity index (χ4n) is 2.14. The SMILES string of the molecule is NC(=O)NC(=O)COC(=O)c1ccc(Cl)c(S(=O)(=O)N2CCOCC2)c1. The zero-order chi connectivity index (χ0) is 19.3. The van der Waals surface area contributed by atoms with E-state index in [-0.39, 0.29) is 41.8 Å². The summed E-state index contributed by atoms with van der Waals surface area (Å²) in [6, 6.07) is 2.49. The number of morpholine rings is 1. The van der Waals surface area contributed by atoms with Gasteiger partial charge in [0.1, 0.15) is 4.90 Å². The summed E-state index contributed by atoms with van der Waals surface area (Å²) in [5, 5.41) is 1.67. The first-order chi connectivity index (χ1) is 12.2. The van der Waals surface area contributed by atoms with Gasteiger partial charge < -0.3 is 15.2 Å². The van der Waals surface area contributed by atoms with Crippen molar-refractivity contribution in [3.63, 3.8) is 0 Å². The molecule has 142 valence electrons. The van der Waals surface area contributed by atoms with Gasteiger partial charge in [0.15, 0.2) is 6.61 Å². The van der Waals surface area contributed by atoms with E-state index in [1.807, 2.05) is 0 Å². The molecule has 0 aromatic heterocycles. The Morgan fingerprint density at radius 3 is 2.54 bits per heavy atom. The van der Waals surface area contributed by atoms with Crippen LogP contribution in [0.4, 0.5) is 4.79 Å². The molecule has 0 bridgehead atoms. The van der Waals surface area contributed by atoms with E-state index in [2.05, 4.69) is 0 Å². The Bertz CT molecular complexity index is 822. The van der Waals surface area contributed by atoms with E-state index in [4.69, 9.17) is 26.8 Å². The summed E-state index contributed by atoms with van der Waals surface area (Å²) < 4.78 is 36.4. The number of urea groups is 1. The fraction of sp³-hybridized carbons (Fsp3) is 0.357. The predicted octanol–water partition coefficient (Wildman–Crippen LogP) is -0.287. The van der Waals surface area contributed by atoms with Gasteiger partial charge >= 0.3 is 12.0 Å². The van der Waals surface area contributed by atoms with Gasteiger partial charge in [0.2, 0.25) is 10.0 Å². The van der Waals surface area contributed by atoms with Gasteiger partial charge in [0, 0.05) is 13.1 Å². The maximum Gasteiger partial charge on any atom is 0.338 e. The standard InChI is InChI=1S/C14H16ClN3O7S/c15-10-2-1-9(13(20)25-8-12(19)17-14(16)21)7-11(10)26(22,23)18-3-5-24-6-4-18/h1-2,7H,3-6,8H2,(H3,16,17,19,21). The minimum Gasteiger partial charge on any atom is -0.452 e. The van der Waals surface area contributed by atoms with Gasteiger partial charge in [-0.25, -0.2) is 18.0 Å². The first kappa shape index (κ1) is 20.1. The van der Waals surface area contributed by atoms with Crippen molar-refractivity contribution in [2.75, 3.05) is 32.9 Å². The van der Waals surface area contributed by atoms with Crippen LogP contribution in [0.2, 0.25) is 5.02 Å². The molecule has 2 rings (SSSR count). The van der Waals surface area contributed by atoms with Crippen molar-refractivity contribution in [2.45, 2.75) is 4.90 Å². The molecule has 1 aromatic rings. The number of primary amides is 1. The van der Waals surface area contributed by atoms with Crippen LogP contribution in [0.3, 0.4) is 0 Å². The second-order valence-corrected chi connectivity index (χ2v) is 7.46. The maximum absolute atomic E-state index is 12.7. The van der Waals surface area contributed by atoms with Crippen LogP contribution >= 0.6 is 11.6 Å². The number of ether oxygens (including phenoxy) is 2. The number of hydrogen-bond acceptors (Lipinski definition) is 7. The number of carbonyl (C=O) groups is 3. The Morgan fingerprint density at radius 1 is 1.27 bits per heavy atom. The number of sulfonamides is 1. The molecule has 0 aliphatic carbocycles. The Morgan fingerprint density at radius 2 is 1.92 bits per heavy atom. The van der Waals surface area contributed by atoms with Crippen molar-refractivity contribution in [1.82, 2.24) is 9.62 Å². The largest absolute Gasteiger partial charge is 0.452 e. The van der Waals surface area contributed by atoms with E-state index in [0.717, 1.165) is 6.07 Å². The van der Waals surface area contributed by atoms with E-state index < -0.39 is 34.5 Å². The zero-order valence-corrected chi connectivity index (χ0v) is 15.0. The smallest absolute Gasteiger partial charge is 0.338 e. The number of esters is 1. The monoisotopic (exact) mass is 405 g/mol. The highest BCUT2D eigenvalue weighted by molar-refractivity contribution is 7.89. The van der Waals surface area contributed by atoms with Crippen molar-refractivity contribution in [3.8, 4) is 0 Å². The van der Waals surface area contributed by atoms with Crippen LogP contribution in [-0.4, -0.2) is 63.5 Å². The molecule has 3 N–H and O–H groups in total. The Labute approximate surface area is 154 Å². The Hall–Kier alpha value is -2.21. The number of nitrogens with one attached hydrogen (secondary N) is 1. The van der Waals surface area contributed by atoms with Gasteiger partial charge in [0.25, 0.3) is 5.91 Å². The van der Waals surface area contributed by atoms with Crippen molar-refractivity contribution in [3.05, 3.63) is 28.8 Å². The normalized spacial score (nSPS) is 15.3. The molecule has 1 fully saturated rings. The molecule has 0 radical (unpaired) electrons. The van der Waals surface area contributed by atoms with Crippen molar-refractivity contribution < 1.29 is 32.3 Å².